The van der Waals surface area contributed by atoms with E-state index in [0.717, 1.165) is 58.0 Å². The van der Waals surface area contributed by atoms with Crippen LogP contribution in [0, 0.1) is 5.92 Å². The molecule has 0 saturated carbocycles. The van der Waals surface area contributed by atoms with E-state index in [1.54, 1.807) is 12.7 Å². The Kier molecular flexibility index (Phi) is 7.65. The van der Waals surface area contributed by atoms with Crippen molar-refractivity contribution in [2.75, 3.05) is 33.3 Å². The Morgan fingerprint density at radius 2 is 2.04 bits per heavy atom. The van der Waals surface area contributed by atoms with Crippen LogP contribution in [0.2, 0.25) is 0 Å². The predicted molar refractivity (Wildman–Crippen MR) is 106 cm³/mol. The molecule has 0 radical (unpaired) electrons. The standard InChI is InChI=1S/C20H30N6O/c1-21-20(22-10-5-6-11-25-16-23-24-17-25)26-12-9-19(13-26)15-27-14-18-7-3-2-4-8-18/h2-4,7-8,16-17,19H,5-6,9-15H2,1H3,(H,21,22). The summed E-state index contributed by atoms with van der Waals surface area (Å²) in [5.41, 5.74) is 1.23. The number of aliphatic imine (C=N–C) groups is 1. The van der Waals surface area contributed by atoms with Crippen LogP contribution in [-0.2, 0) is 17.9 Å². The molecule has 0 spiro atoms. The molecule has 0 amide bonds. The number of nitrogens with one attached hydrogen (secondary N) is 1. The number of aryl methyl sites for hydroxylation is 1. The fourth-order valence-corrected chi connectivity index (χ4v) is 3.37. The summed E-state index contributed by atoms with van der Waals surface area (Å²) in [6, 6.07) is 10.4. The molecule has 146 valence electrons. The number of hydrogen-bond donors (Lipinski definition) is 1. The van der Waals surface area contributed by atoms with Crippen LogP contribution in [0.25, 0.3) is 0 Å². The number of benzene rings is 1. The fraction of sp³-hybridized carbons (Fsp3) is 0.550. The van der Waals surface area contributed by atoms with Crippen LogP contribution in [0.15, 0.2) is 48.0 Å². The molecule has 1 aromatic heterocycles. The quantitative estimate of drug-likeness (QED) is 0.416. The Morgan fingerprint density at radius 1 is 1.22 bits per heavy atom. The van der Waals surface area contributed by atoms with Crippen molar-refractivity contribution in [3.05, 3.63) is 48.5 Å². The maximum Gasteiger partial charge on any atom is 0.193 e. The van der Waals surface area contributed by atoms with Gasteiger partial charge in [0.25, 0.3) is 0 Å². The molecule has 3 rings (SSSR count). The molecule has 1 aromatic carbocycles. The summed E-state index contributed by atoms with van der Waals surface area (Å²) in [6.45, 7) is 5.44. The van der Waals surface area contributed by atoms with Gasteiger partial charge in [-0.2, -0.15) is 0 Å². The molecule has 2 aromatic rings. The van der Waals surface area contributed by atoms with Gasteiger partial charge in [-0.1, -0.05) is 30.3 Å². The fourth-order valence-electron chi connectivity index (χ4n) is 3.37. The zero-order valence-electron chi connectivity index (χ0n) is 16.1. The van der Waals surface area contributed by atoms with Gasteiger partial charge in [-0.15, -0.1) is 10.2 Å². The molecule has 1 unspecified atom stereocenters. The lowest BCUT2D eigenvalue weighted by molar-refractivity contribution is 0.0907. The lowest BCUT2D eigenvalue weighted by atomic mass is 10.1. The molecule has 1 atom stereocenters. The van der Waals surface area contributed by atoms with Crippen molar-refractivity contribution in [3.63, 3.8) is 0 Å². The van der Waals surface area contributed by atoms with Gasteiger partial charge in [0.1, 0.15) is 12.7 Å². The van der Waals surface area contributed by atoms with E-state index in [2.05, 4.69) is 49.7 Å². The highest BCUT2D eigenvalue weighted by Crippen LogP contribution is 2.17. The van der Waals surface area contributed by atoms with Crippen LogP contribution in [0.1, 0.15) is 24.8 Å². The normalized spacial score (nSPS) is 17.4. The minimum atomic E-state index is 0.570. The second-order valence-corrected chi connectivity index (χ2v) is 6.98. The minimum absolute atomic E-state index is 0.570. The third-order valence-electron chi connectivity index (χ3n) is 4.86. The van der Waals surface area contributed by atoms with Gasteiger partial charge < -0.3 is 19.5 Å². The number of unbranched alkanes of at least 4 members (excludes halogenated alkanes) is 1. The average molecular weight is 371 g/mol. The van der Waals surface area contributed by atoms with Gasteiger partial charge in [0.15, 0.2) is 5.96 Å². The first-order valence-electron chi connectivity index (χ1n) is 9.75. The first kappa shape index (κ1) is 19.4. The molecule has 1 fully saturated rings. The first-order chi connectivity index (χ1) is 13.3. The van der Waals surface area contributed by atoms with Crippen molar-refractivity contribution in [1.82, 2.24) is 25.0 Å². The zero-order chi connectivity index (χ0) is 18.7. The van der Waals surface area contributed by atoms with Crippen LogP contribution >= 0.6 is 0 Å². The predicted octanol–water partition coefficient (Wildman–Crippen LogP) is 2.17. The molecular formula is C20H30N6O. The summed E-state index contributed by atoms with van der Waals surface area (Å²) >= 11 is 0. The lowest BCUT2D eigenvalue weighted by Crippen LogP contribution is -2.40. The number of rotatable bonds is 9. The minimum Gasteiger partial charge on any atom is -0.376 e. The molecule has 7 nitrogen and oxygen atoms in total. The van der Waals surface area contributed by atoms with Crippen molar-refractivity contribution in [1.29, 1.82) is 0 Å². The summed E-state index contributed by atoms with van der Waals surface area (Å²) in [5.74, 6) is 1.57. The maximum atomic E-state index is 5.91. The maximum absolute atomic E-state index is 5.91. The van der Waals surface area contributed by atoms with Crippen molar-refractivity contribution in [3.8, 4) is 0 Å². The van der Waals surface area contributed by atoms with Gasteiger partial charge in [0.05, 0.1) is 13.2 Å². The summed E-state index contributed by atoms with van der Waals surface area (Å²) in [4.78, 5) is 6.79. The Balaban J connectivity index is 1.30. The smallest absolute Gasteiger partial charge is 0.193 e. The molecule has 27 heavy (non-hydrogen) atoms. The second kappa shape index (κ2) is 10.7. The largest absolute Gasteiger partial charge is 0.376 e. The van der Waals surface area contributed by atoms with Gasteiger partial charge in [0, 0.05) is 39.1 Å². The van der Waals surface area contributed by atoms with E-state index in [0.29, 0.717) is 12.5 Å². The summed E-state index contributed by atoms with van der Waals surface area (Å²) in [6.07, 6.45) is 6.86. The van der Waals surface area contributed by atoms with Gasteiger partial charge >= 0.3 is 0 Å². The number of aromatic nitrogens is 3. The molecule has 1 aliphatic heterocycles. The number of nitrogens with zero attached hydrogens (tertiary/aromatic N) is 5. The van der Waals surface area contributed by atoms with Gasteiger partial charge in [-0.05, 0) is 24.8 Å². The van der Waals surface area contributed by atoms with Crippen molar-refractivity contribution in [2.24, 2.45) is 10.9 Å². The van der Waals surface area contributed by atoms with E-state index < -0.39 is 0 Å². The number of ether oxygens (including phenoxy) is 1. The van der Waals surface area contributed by atoms with E-state index in [-0.39, 0.29) is 0 Å². The summed E-state index contributed by atoms with van der Waals surface area (Å²) in [5, 5.41) is 11.1. The molecule has 1 aliphatic rings. The topological polar surface area (TPSA) is 67.6 Å². The van der Waals surface area contributed by atoms with Crippen LogP contribution in [0.4, 0.5) is 0 Å². The number of hydrogen-bond acceptors (Lipinski definition) is 4. The highest BCUT2D eigenvalue weighted by Gasteiger charge is 2.24. The zero-order valence-corrected chi connectivity index (χ0v) is 16.1. The van der Waals surface area contributed by atoms with Gasteiger partial charge in [0.2, 0.25) is 0 Å². The Morgan fingerprint density at radius 3 is 2.81 bits per heavy atom. The van der Waals surface area contributed by atoms with E-state index in [4.69, 9.17) is 4.74 Å². The highest BCUT2D eigenvalue weighted by molar-refractivity contribution is 5.80. The van der Waals surface area contributed by atoms with Crippen molar-refractivity contribution >= 4 is 5.96 Å². The van der Waals surface area contributed by atoms with Crippen molar-refractivity contribution < 1.29 is 4.74 Å². The van der Waals surface area contributed by atoms with Crippen LogP contribution in [0.5, 0.6) is 0 Å². The van der Waals surface area contributed by atoms with Crippen LogP contribution < -0.4 is 5.32 Å². The number of likely N-dealkylation sites (tertiary alicyclic amines) is 1. The van der Waals surface area contributed by atoms with Crippen LogP contribution in [0.3, 0.4) is 0 Å². The Bertz CT molecular complexity index is 673. The first-order valence-corrected chi connectivity index (χ1v) is 9.75. The summed E-state index contributed by atoms with van der Waals surface area (Å²) < 4.78 is 7.92. The Hall–Kier alpha value is -2.41. The SMILES string of the molecule is CN=C(NCCCCn1cnnc1)N1CCC(COCc2ccccc2)C1. The molecule has 7 heteroatoms. The molecule has 0 bridgehead atoms. The van der Waals surface area contributed by atoms with E-state index in [1.807, 2.05) is 17.7 Å². The highest BCUT2D eigenvalue weighted by atomic mass is 16.5. The lowest BCUT2D eigenvalue weighted by Gasteiger charge is -2.21. The molecule has 1 N–H and O–H groups in total. The molecule has 1 saturated heterocycles. The van der Waals surface area contributed by atoms with E-state index in [1.165, 1.54) is 5.56 Å². The summed E-state index contributed by atoms with van der Waals surface area (Å²) in [7, 11) is 1.86. The van der Waals surface area contributed by atoms with Gasteiger partial charge in [-0.25, -0.2) is 0 Å². The molecular weight excluding hydrogens is 340 g/mol. The van der Waals surface area contributed by atoms with E-state index in [9.17, 15) is 0 Å². The molecule has 0 aliphatic carbocycles. The van der Waals surface area contributed by atoms with Crippen molar-refractivity contribution in [2.45, 2.75) is 32.4 Å². The third kappa shape index (κ3) is 6.36. The second-order valence-electron chi connectivity index (χ2n) is 6.98. The number of guanidine groups is 1. The van der Waals surface area contributed by atoms with Crippen LogP contribution in [-0.4, -0.2) is 58.9 Å². The monoisotopic (exact) mass is 370 g/mol. The molecule has 2 heterocycles. The average Bonchev–Trinajstić information content (AvgIpc) is 3.38. The van der Waals surface area contributed by atoms with Gasteiger partial charge in [-0.3, -0.25) is 4.99 Å². The third-order valence-corrected chi connectivity index (χ3v) is 4.86. The van der Waals surface area contributed by atoms with E-state index >= 15 is 0 Å². The Labute approximate surface area is 161 Å².